The summed E-state index contributed by atoms with van der Waals surface area (Å²) in [6.07, 6.45) is 0. The summed E-state index contributed by atoms with van der Waals surface area (Å²) in [5, 5.41) is 1.07. The SMILES string of the molecule is Cc1ccccc1CN(C)C(=O)CSc1nc2ccccc2c(=O)n1-c1ccccc1C. The van der Waals surface area contributed by atoms with Crippen molar-refractivity contribution in [2.75, 3.05) is 12.8 Å². The first-order valence-corrected chi connectivity index (χ1v) is 11.4. The Morgan fingerprint density at radius 3 is 2.34 bits per heavy atom. The summed E-state index contributed by atoms with van der Waals surface area (Å²) in [5.74, 6) is 0.177. The van der Waals surface area contributed by atoms with Crippen molar-refractivity contribution in [2.24, 2.45) is 0 Å². The molecule has 1 heterocycles. The first kappa shape index (κ1) is 21.8. The highest BCUT2D eigenvalue weighted by Crippen LogP contribution is 2.23. The number of hydrogen-bond acceptors (Lipinski definition) is 4. The molecule has 0 bridgehead atoms. The molecule has 1 amide bonds. The van der Waals surface area contributed by atoms with Crippen LogP contribution in [0.25, 0.3) is 16.6 Å². The van der Waals surface area contributed by atoms with E-state index in [1.807, 2.05) is 80.6 Å². The van der Waals surface area contributed by atoms with Crippen LogP contribution >= 0.6 is 11.8 Å². The van der Waals surface area contributed by atoms with Crippen LogP contribution in [0.15, 0.2) is 82.7 Å². The number of nitrogens with zero attached hydrogens (tertiary/aromatic N) is 3. The lowest BCUT2D eigenvalue weighted by atomic mass is 10.1. The van der Waals surface area contributed by atoms with Gasteiger partial charge in [-0.3, -0.25) is 14.2 Å². The molecule has 1 aromatic heterocycles. The van der Waals surface area contributed by atoms with Crippen LogP contribution < -0.4 is 5.56 Å². The second-order valence-corrected chi connectivity index (χ2v) is 8.75. The zero-order valence-electron chi connectivity index (χ0n) is 18.4. The third-order valence-electron chi connectivity index (χ3n) is 5.52. The van der Waals surface area contributed by atoms with Crippen molar-refractivity contribution in [1.82, 2.24) is 14.5 Å². The fourth-order valence-corrected chi connectivity index (χ4v) is 4.55. The van der Waals surface area contributed by atoms with Crippen LogP contribution in [0.1, 0.15) is 16.7 Å². The van der Waals surface area contributed by atoms with Gasteiger partial charge in [0, 0.05) is 13.6 Å². The minimum atomic E-state index is -0.131. The number of aromatic nitrogens is 2. The fraction of sp³-hybridized carbons (Fsp3) is 0.192. The van der Waals surface area contributed by atoms with Gasteiger partial charge in [-0.25, -0.2) is 4.98 Å². The molecule has 32 heavy (non-hydrogen) atoms. The highest BCUT2D eigenvalue weighted by atomic mass is 32.2. The first-order valence-electron chi connectivity index (χ1n) is 10.4. The zero-order valence-corrected chi connectivity index (χ0v) is 19.2. The topological polar surface area (TPSA) is 55.2 Å². The number of benzene rings is 3. The van der Waals surface area contributed by atoms with Crippen molar-refractivity contribution in [3.05, 3.63) is 99.8 Å². The molecule has 0 unspecified atom stereocenters. The van der Waals surface area contributed by atoms with Crippen LogP contribution in [0, 0.1) is 13.8 Å². The van der Waals surface area contributed by atoms with Gasteiger partial charge in [0.25, 0.3) is 5.56 Å². The molecule has 4 rings (SSSR count). The van der Waals surface area contributed by atoms with Gasteiger partial charge in [0.05, 0.1) is 22.3 Å². The summed E-state index contributed by atoms with van der Waals surface area (Å²) in [5.41, 5.74) is 4.52. The standard InChI is InChI=1S/C26H25N3O2S/c1-18-10-4-6-12-20(18)16-28(3)24(30)17-32-26-27-22-14-8-7-13-21(22)25(31)29(26)23-15-9-5-11-19(23)2/h4-15H,16-17H2,1-3H3. The van der Waals surface area contributed by atoms with Crippen molar-refractivity contribution in [3.8, 4) is 5.69 Å². The Kier molecular flexibility index (Phi) is 6.42. The Bertz CT molecular complexity index is 1350. The Balaban J connectivity index is 1.64. The molecule has 0 N–H and O–H groups in total. The van der Waals surface area contributed by atoms with Gasteiger partial charge in [0.2, 0.25) is 5.91 Å². The normalized spacial score (nSPS) is 11.0. The number of rotatable bonds is 6. The molecule has 0 fully saturated rings. The van der Waals surface area contributed by atoms with Gasteiger partial charge in [0.15, 0.2) is 5.16 Å². The zero-order chi connectivity index (χ0) is 22.7. The minimum Gasteiger partial charge on any atom is -0.341 e. The van der Waals surface area contributed by atoms with Gasteiger partial charge < -0.3 is 4.90 Å². The molecule has 0 saturated heterocycles. The number of carbonyl (C=O) groups excluding carboxylic acids is 1. The van der Waals surface area contributed by atoms with Crippen molar-refractivity contribution in [3.63, 3.8) is 0 Å². The van der Waals surface area contributed by atoms with E-state index in [1.165, 1.54) is 11.8 Å². The molecule has 0 aliphatic carbocycles. The van der Waals surface area contributed by atoms with Crippen LogP contribution in [0.2, 0.25) is 0 Å². The van der Waals surface area contributed by atoms with E-state index in [1.54, 1.807) is 22.6 Å². The quantitative estimate of drug-likeness (QED) is 0.319. The lowest BCUT2D eigenvalue weighted by molar-refractivity contribution is -0.127. The third-order valence-corrected chi connectivity index (χ3v) is 6.44. The second kappa shape index (κ2) is 9.40. The Labute approximate surface area is 191 Å². The lowest BCUT2D eigenvalue weighted by Gasteiger charge is -2.19. The van der Waals surface area contributed by atoms with Crippen LogP contribution in [0.4, 0.5) is 0 Å². The summed E-state index contributed by atoms with van der Waals surface area (Å²) in [7, 11) is 1.80. The predicted octanol–water partition coefficient (Wildman–Crippen LogP) is 4.75. The van der Waals surface area contributed by atoms with Gasteiger partial charge in [-0.05, 0) is 48.7 Å². The number of hydrogen-bond donors (Lipinski definition) is 0. The second-order valence-electron chi connectivity index (χ2n) is 7.80. The summed E-state index contributed by atoms with van der Waals surface area (Å²) in [6.45, 7) is 4.55. The van der Waals surface area contributed by atoms with Crippen LogP contribution in [0.3, 0.4) is 0 Å². The highest BCUT2D eigenvalue weighted by molar-refractivity contribution is 7.99. The number of amides is 1. The largest absolute Gasteiger partial charge is 0.341 e. The van der Waals surface area contributed by atoms with Crippen LogP contribution in [0.5, 0.6) is 0 Å². The molecule has 6 heteroatoms. The molecular formula is C26H25N3O2S. The van der Waals surface area contributed by atoms with Gasteiger partial charge in [0.1, 0.15) is 0 Å². The lowest BCUT2D eigenvalue weighted by Crippen LogP contribution is -2.29. The van der Waals surface area contributed by atoms with E-state index in [0.717, 1.165) is 22.4 Å². The Morgan fingerprint density at radius 1 is 0.938 bits per heavy atom. The number of thioether (sulfide) groups is 1. The summed E-state index contributed by atoms with van der Waals surface area (Å²) in [4.78, 5) is 32.7. The van der Waals surface area contributed by atoms with E-state index < -0.39 is 0 Å². The van der Waals surface area contributed by atoms with E-state index in [4.69, 9.17) is 4.98 Å². The van der Waals surface area contributed by atoms with Gasteiger partial charge in [-0.2, -0.15) is 0 Å². The molecule has 4 aromatic rings. The maximum Gasteiger partial charge on any atom is 0.266 e. The van der Waals surface area contributed by atoms with E-state index in [9.17, 15) is 9.59 Å². The maximum absolute atomic E-state index is 13.4. The first-order chi connectivity index (χ1) is 15.5. The van der Waals surface area contributed by atoms with Crippen molar-refractivity contribution < 1.29 is 4.79 Å². The van der Waals surface area contributed by atoms with Crippen LogP contribution in [-0.2, 0) is 11.3 Å². The van der Waals surface area contributed by atoms with Crippen LogP contribution in [-0.4, -0.2) is 33.2 Å². The fourth-order valence-electron chi connectivity index (χ4n) is 3.60. The Hall–Kier alpha value is -3.38. The van der Waals surface area contributed by atoms with E-state index in [2.05, 4.69) is 0 Å². The molecular weight excluding hydrogens is 418 g/mol. The molecule has 0 aliphatic heterocycles. The highest BCUT2D eigenvalue weighted by Gasteiger charge is 2.17. The van der Waals surface area contributed by atoms with Gasteiger partial charge in [-0.15, -0.1) is 0 Å². The summed E-state index contributed by atoms with van der Waals surface area (Å²) >= 11 is 1.29. The number of carbonyl (C=O) groups is 1. The van der Waals surface area contributed by atoms with E-state index >= 15 is 0 Å². The Morgan fingerprint density at radius 2 is 1.59 bits per heavy atom. The van der Waals surface area contributed by atoms with Gasteiger partial charge in [-0.1, -0.05) is 66.4 Å². The minimum absolute atomic E-state index is 0.0167. The maximum atomic E-state index is 13.4. The average Bonchev–Trinajstić information content (AvgIpc) is 2.80. The predicted molar refractivity (Wildman–Crippen MR) is 130 cm³/mol. The smallest absolute Gasteiger partial charge is 0.266 e. The molecule has 0 saturated carbocycles. The molecule has 5 nitrogen and oxygen atoms in total. The van der Waals surface area contributed by atoms with Crippen molar-refractivity contribution >= 4 is 28.6 Å². The van der Waals surface area contributed by atoms with E-state index in [0.29, 0.717) is 22.6 Å². The molecule has 0 spiro atoms. The van der Waals surface area contributed by atoms with Crippen molar-refractivity contribution in [2.45, 2.75) is 25.5 Å². The third kappa shape index (κ3) is 4.46. The number of aryl methyl sites for hydroxylation is 2. The molecule has 3 aromatic carbocycles. The average molecular weight is 444 g/mol. The van der Waals surface area contributed by atoms with E-state index in [-0.39, 0.29) is 17.2 Å². The number of fused-ring (bicyclic) bond motifs is 1. The monoisotopic (exact) mass is 443 g/mol. The molecule has 0 radical (unpaired) electrons. The summed E-state index contributed by atoms with van der Waals surface area (Å²) < 4.78 is 1.62. The van der Waals surface area contributed by atoms with Gasteiger partial charge >= 0.3 is 0 Å². The summed E-state index contributed by atoms with van der Waals surface area (Å²) in [6, 6.07) is 23.1. The van der Waals surface area contributed by atoms with Crippen molar-refractivity contribution in [1.29, 1.82) is 0 Å². The number of para-hydroxylation sites is 2. The molecule has 162 valence electrons. The molecule has 0 atom stereocenters. The molecule has 0 aliphatic rings.